The van der Waals surface area contributed by atoms with Crippen LogP contribution < -0.4 is 9.50 Å². The summed E-state index contributed by atoms with van der Waals surface area (Å²) in [6.45, 7) is 2.50. The number of rotatable bonds is 9. The van der Waals surface area contributed by atoms with Gasteiger partial charge in [-0.15, -0.1) is 0 Å². The molecule has 1 heterocycles. The van der Waals surface area contributed by atoms with E-state index in [4.69, 9.17) is 8.60 Å². The van der Waals surface area contributed by atoms with Gasteiger partial charge in [0.05, 0.1) is 12.8 Å². The number of carbonyl (C=O) groups is 1. The van der Waals surface area contributed by atoms with E-state index in [1.54, 1.807) is 35.4 Å². The van der Waals surface area contributed by atoms with Crippen molar-refractivity contribution < 1.29 is 26.2 Å². The van der Waals surface area contributed by atoms with Gasteiger partial charge in [-0.3, -0.25) is 0 Å². The number of benzene rings is 3. The first-order chi connectivity index (χ1) is 17.3. The van der Waals surface area contributed by atoms with E-state index in [1.807, 2.05) is 31.2 Å². The van der Waals surface area contributed by atoms with Crippen LogP contribution in [-0.2, 0) is 29.6 Å². The largest absolute Gasteiger partial charge is 0.467 e. The van der Waals surface area contributed by atoms with E-state index in [1.165, 1.54) is 12.1 Å². The molecule has 2 amide bonds. The summed E-state index contributed by atoms with van der Waals surface area (Å²) in [5.74, 6) is 0.181. The predicted molar refractivity (Wildman–Crippen MR) is 133 cm³/mol. The fraction of sp³-hybridized carbons (Fsp3) is 0.148. The number of amides is 2. The van der Waals surface area contributed by atoms with Crippen molar-refractivity contribution in [1.29, 1.82) is 0 Å². The van der Waals surface area contributed by atoms with Gasteiger partial charge in [0.25, 0.3) is 0 Å². The minimum atomic E-state index is -4.11. The number of nitrogens with one attached hydrogen (secondary N) is 1. The molecule has 1 N–H and O–H groups in total. The summed E-state index contributed by atoms with van der Waals surface area (Å²) in [7, 11) is -4.11. The third-order valence-corrected chi connectivity index (χ3v) is 6.72. The second-order valence-corrected chi connectivity index (χ2v) is 9.56. The Morgan fingerprint density at radius 3 is 2.33 bits per heavy atom. The molecule has 0 aliphatic carbocycles. The summed E-state index contributed by atoms with van der Waals surface area (Å²) in [6.07, 6.45) is 2.32. The first-order valence-electron chi connectivity index (χ1n) is 11.3. The number of carbonyl (C=O) groups excluding carboxylic acids is 1. The summed E-state index contributed by atoms with van der Waals surface area (Å²) in [4.78, 5) is 14.6. The molecule has 0 aliphatic heterocycles. The van der Waals surface area contributed by atoms with Crippen molar-refractivity contribution in [1.82, 2.24) is 4.90 Å². The van der Waals surface area contributed by atoms with Crippen molar-refractivity contribution in [3.8, 4) is 5.75 Å². The molecule has 0 saturated heterocycles. The van der Waals surface area contributed by atoms with Crippen LogP contribution in [0.1, 0.15) is 23.8 Å². The van der Waals surface area contributed by atoms with E-state index < -0.39 is 15.9 Å². The minimum absolute atomic E-state index is 0.0991. The van der Waals surface area contributed by atoms with Gasteiger partial charge in [0.1, 0.15) is 22.2 Å². The van der Waals surface area contributed by atoms with Crippen LogP contribution in [0, 0.1) is 5.82 Å². The topological polar surface area (TPSA) is 88.9 Å². The molecule has 0 spiro atoms. The molecule has 36 heavy (non-hydrogen) atoms. The van der Waals surface area contributed by atoms with Gasteiger partial charge in [-0.1, -0.05) is 37.3 Å². The molecule has 0 bridgehead atoms. The maximum absolute atomic E-state index is 13.2. The first-order valence-corrected chi connectivity index (χ1v) is 12.7. The fourth-order valence-corrected chi connectivity index (χ4v) is 4.51. The molecule has 0 unspecified atom stereocenters. The van der Waals surface area contributed by atoms with Crippen molar-refractivity contribution >= 4 is 21.8 Å². The maximum atomic E-state index is 13.2. The van der Waals surface area contributed by atoms with Gasteiger partial charge in [-0.05, 0) is 72.1 Å². The number of hydrogen-bond acceptors (Lipinski definition) is 5. The highest BCUT2D eigenvalue weighted by Gasteiger charge is 2.19. The Kier molecular flexibility index (Phi) is 7.70. The van der Waals surface area contributed by atoms with Gasteiger partial charge < -0.3 is 18.8 Å². The monoisotopic (exact) mass is 508 g/mol. The lowest BCUT2D eigenvalue weighted by Crippen LogP contribution is -2.34. The Balaban J connectivity index is 1.49. The highest BCUT2D eigenvalue weighted by atomic mass is 32.2. The Morgan fingerprint density at radius 1 is 0.944 bits per heavy atom. The normalized spacial score (nSPS) is 11.2. The van der Waals surface area contributed by atoms with Gasteiger partial charge >= 0.3 is 16.1 Å². The van der Waals surface area contributed by atoms with Crippen molar-refractivity contribution in [2.75, 3.05) is 5.32 Å². The van der Waals surface area contributed by atoms with E-state index in [2.05, 4.69) is 5.32 Å². The van der Waals surface area contributed by atoms with Gasteiger partial charge in [-0.25, -0.2) is 9.18 Å². The van der Waals surface area contributed by atoms with Crippen LogP contribution in [0.5, 0.6) is 5.75 Å². The van der Waals surface area contributed by atoms with Crippen LogP contribution in [0.15, 0.2) is 101 Å². The van der Waals surface area contributed by atoms with E-state index in [-0.39, 0.29) is 29.8 Å². The summed E-state index contributed by atoms with van der Waals surface area (Å²) < 4.78 is 48.6. The zero-order valence-corrected chi connectivity index (χ0v) is 20.4. The number of furan rings is 1. The Hall–Kier alpha value is -4.11. The Labute approximate surface area is 209 Å². The Morgan fingerprint density at radius 2 is 1.67 bits per heavy atom. The van der Waals surface area contributed by atoms with E-state index in [0.29, 0.717) is 5.76 Å². The molecule has 7 nitrogen and oxygen atoms in total. The van der Waals surface area contributed by atoms with E-state index in [9.17, 15) is 17.6 Å². The van der Waals surface area contributed by atoms with Gasteiger partial charge in [0.2, 0.25) is 0 Å². The number of halogens is 1. The summed E-state index contributed by atoms with van der Waals surface area (Å²) in [6, 6.07) is 21.6. The van der Waals surface area contributed by atoms with Crippen LogP contribution in [0.3, 0.4) is 0 Å². The smallest absolute Gasteiger partial charge is 0.339 e. The molecule has 0 aliphatic rings. The number of urea groups is 1. The van der Waals surface area contributed by atoms with Crippen LogP contribution in [0.4, 0.5) is 14.9 Å². The second-order valence-electron chi connectivity index (χ2n) is 8.01. The summed E-state index contributed by atoms with van der Waals surface area (Å²) in [5.41, 5.74) is 2.52. The molecule has 3 aromatic carbocycles. The lowest BCUT2D eigenvalue weighted by atomic mass is 10.1. The second kappa shape index (κ2) is 11.1. The van der Waals surface area contributed by atoms with Crippen LogP contribution in [0.25, 0.3) is 0 Å². The molecule has 4 aromatic rings. The van der Waals surface area contributed by atoms with Crippen molar-refractivity contribution in [2.45, 2.75) is 31.3 Å². The first kappa shape index (κ1) is 25.0. The Bertz CT molecular complexity index is 1400. The van der Waals surface area contributed by atoms with Crippen LogP contribution >= 0.6 is 0 Å². The molecule has 0 radical (unpaired) electrons. The number of anilines is 1. The average Bonchev–Trinajstić information content (AvgIpc) is 3.38. The lowest BCUT2D eigenvalue weighted by molar-refractivity contribution is 0.201. The van der Waals surface area contributed by atoms with E-state index >= 15 is 0 Å². The highest BCUT2D eigenvalue weighted by Crippen LogP contribution is 2.22. The quantitative estimate of drug-likeness (QED) is 0.281. The molecule has 186 valence electrons. The standard InChI is InChI=1S/C27H25FN2O5S/c1-2-21-6-3-4-8-26(21)29-27(31)30(19-24-7-5-17-34-24)18-20-9-13-23(14-10-20)35-36(32,33)25-15-11-22(28)12-16-25/h3-17H,2,18-19H2,1H3,(H,29,31). The zero-order valence-electron chi connectivity index (χ0n) is 19.6. The predicted octanol–water partition coefficient (Wildman–Crippen LogP) is 5.98. The third-order valence-electron chi connectivity index (χ3n) is 5.46. The number of aryl methyl sites for hydroxylation is 1. The van der Waals surface area contributed by atoms with Gasteiger partial charge in [0.15, 0.2) is 0 Å². The average molecular weight is 509 g/mol. The van der Waals surface area contributed by atoms with E-state index in [0.717, 1.165) is 47.5 Å². The molecule has 1 aromatic heterocycles. The molecule has 9 heteroatoms. The molecule has 0 atom stereocenters. The van der Waals surface area contributed by atoms with Crippen molar-refractivity contribution in [3.05, 3.63) is 114 Å². The van der Waals surface area contributed by atoms with Crippen LogP contribution in [0.2, 0.25) is 0 Å². The summed E-state index contributed by atoms with van der Waals surface area (Å²) in [5, 5.41) is 2.97. The number of para-hydroxylation sites is 1. The minimum Gasteiger partial charge on any atom is -0.467 e. The molecule has 0 fully saturated rings. The molecular formula is C27H25FN2O5S. The molecular weight excluding hydrogens is 483 g/mol. The van der Waals surface area contributed by atoms with Gasteiger partial charge in [-0.2, -0.15) is 8.42 Å². The van der Waals surface area contributed by atoms with Crippen LogP contribution in [-0.4, -0.2) is 19.3 Å². The third kappa shape index (κ3) is 6.31. The highest BCUT2D eigenvalue weighted by molar-refractivity contribution is 7.87. The SMILES string of the molecule is CCc1ccccc1NC(=O)N(Cc1ccc(OS(=O)(=O)c2ccc(F)cc2)cc1)Cc1ccco1. The number of hydrogen-bond donors (Lipinski definition) is 1. The summed E-state index contributed by atoms with van der Waals surface area (Å²) >= 11 is 0. The zero-order chi connectivity index (χ0) is 25.5. The van der Waals surface area contributed by atoms with Crippen molar-refractivity contribution in [2.24, 2.45) is 0 Å². The molecule has 0 saturated carbocycles. The lowest BCUT2D eigenvalue weighted by Gasteiger charge is -2.23. The molecule has 4 rings (SSSR count). The maximum Gasteiger partial charge on any atom is 0.339 e. The van der Waals surface area contributed by atoms with Crippen molar-refractivity contribution in [3.63, 3.8) is 0 Å². The number of nitrogens with zero attached hydrogens (tertiary/aromatic N) is 1. The van der Waals surface area contributed by atoms with Gasteiger partial charge in [0, 0.05) is 12.2 Å². The fourth-order valence-electron chi connectivity index (χ4n) is 3.58.